The molecule has 0 saturated carbocycles. The van der Waals surface area contributed by atoms with Gasteiger partial charge in [0.25, 0.3) is 0 Å². The van der Waals surface area contributed by atoms with Crippen LogP contribution in [0.4, 0.5) is 4.39 Å². The molecule has 16 heavy (non-hydrogen) atoms. The smallest absolute Gasteiger partial charge is 0.140 e. The zero-order valence-electron chi connectivity index (χ0n) is 8.74. The summed E-state index contributed by atoms with van der Waals surface area (Å²) < 4.78 is 12.8. The Bertz CT molecular complexity index is 553. The third-order valence-electron chi connectivity index (χ3n) is 2.36. The predicted octanol–water partition coefficient (Wildman–Crippen LogP) is 3.07. The molecule has 0 bridgehead atoms. The number of benzene rings is 1. The Hall–Kier alpha value is -2.21. The molecular weight excluding hydrogens is 203 g/mol. The zero-order chi connectivity index (χ0) is 11.5. The number of aromatic nitrogens is 1. The van der Waals surface area contributed by atoms with Crippen LogP contribution in [0.1, 0.15) is 11.4 Å². The fourth-order valence-corrected chi connectivity index (χ4v) is 1.56. The van der Waals surface area contributed by atoms with E-state index in [-0.39, 0.29) is 5.82 Å². The highest BCUT2D eigenvalue weighted by molar-refractivity contribution is 5.65. The first-order chi connectivity index (χ1) is 7.70. The van der Waals surface area contributed by atoms with E-state index < -0.39 is 0 Å². The van der Waals surface area contributed by atoms with Crippen LogP contribution in [0.25, 0.3) is 11.1 Å². The Morgan fingerprint density at radius 1 is 1.12 bits per heavy atom. The van der Waals surface area contributed by atoms with Gasteiger partial charge in [-0.3, -0.25) is 0 Å². The molecule has 0 aliphatic carbocycles. The Kier molecular flexibility index (Phi) is 2.65. The molecule has 0 saturated heterocycles. The van der Waals surface area contributed by atoms with E-state index in [2.05, 4.69) is 4.98 Å². The van der Waals surface area contributed by atoms with Gasteiger partial charge in [0.1, 0.15) is 17.6 Å². The fourth-order valence-electron chi connectivity index (χ4n) is 1.56. The lowest BCUT2D eigenvalue weighted by Gasteiger charge is -2.05. The molecule has 1 aromatic heterocycles. The maximum absolute atomic E-state index is 12.8. The lowest BCUT2D eigenvalue weighted by molar-refractivity contribution is 0.628. The molecule has 0 amide bonds. The van der Waals surface area contributed by atoms with Crippen molar-refractivity contribution >= 4 is 0 Å². The molecule has 2 rings (SSSR count). The Labute approximate surface area is 93.0 Å². The molecule has 1 heterocycles. The molecule has 0 atom stereocenters. The minimum Gasteiger partial charge on any atom is -0.242 e. The van der Waals surface area contributed by atoms with Crippen molar-refractivity contribution in [3.8, 4) is 17.2 Å². The first kappa shape index (κ1) is 10.3. The minimum atomic E-state index is -0.261. The number of rotatable bonds is 1. The molecule has 1 aromatic carbocycles. The van der Waals surface area contributed by atoms with E-state index in [1.54, 1.807) is 18.2 Å². The maximum atomic E-state index is 12.8. The van der Waals surface area contributed by atoms with Crippen molar-refractivity contribution in [3.05, 3.63) is 53.6 Å². The topological polar surface area (TPSA) is 36.7 Å². The van der Waals surface area contributed by atoms with Crippen LogP contribution in [-0.4, -0.2) is 4.98 Å². The molecule has 0 spiro atoms. The van der Waals surface area contributed by atoms with Crippen LogP contribution in [-0.2, 0) is 0 Å². The van der Waals surface area contributed by atoms with Gasteiger partial charge in [-0.2, -0.15) is 5.26 Å². The standard InChI is InChI=1S/C13H9FN2/c1-9-13(7-6-12(8-15)16-9)10-2-4-11(14)5-3-10/h2-7H,1H3. The predicted molar refractivity (Wildman–Crippen MR) is 59.1 cm³/mol. The van der Waals surface area contributed by atoms with Crippen LogP contribution >= 0.6 is 0 Å². The number of pyridine rings is 1. The monoisotopic (exact) mass is 212 g/mol. The van der Waals surface area contributed by atoms with Crippen LogP contribution < -0.4 is 0 Å². The lowest BCUT2D eigenvalue weighted by Crippen LogP contribution is -1.90. The van der Waals surface area contributed by atoms with Crippen molar-refractivity contribution in [3.63, 3.8) is 0 Å². The third-order valence-corrected chi connectivity index (χ3v) is 2.36. The van der Waals surface area contributed by atoms with Crippen molar-refractivity contribution in [2.45, 2.75) is 6.92 Å². The molecule has 2 nitrogen and oxygen atoms in total. The average molecular weight is 212 g/mol. The number of nitrogens with zero attached hydrogens (tertiary/aromatic N) is 2. The summed E-state index contributed by atoms with van der Waals surface area (Å²) in [7, 11) is 0. The molecule has 0 radical (unpaired) electrons. The van der Waals surface area contributed by atoms with Gasteiger partial charge in [0, 0.05) is 11.3 Å². The summed E-state index contributed by atoms with van der Waals surface area (Å²) in [6, 6.07) is 11.7. The van der Waals surface area contributed by atoms with Gasteiger partial charge in [0.15, 0.2) is 0 Å². The fraction of sp³-hybridized carbons (Fsp3) is 0.0769. The minimum absolute atomic E-state index is 0.261. The van der Waals surface area contributed by atoms with Crippen molar-refractivity contribution in [1.29, 1.82) is 5.26 Å². The highest BCUT2D eigenvalue weighted by Gasteiger charge is 2.04. The van der Waals surface area contributed by atoms with E-state index in [0.717, 1.165) is 16.8 Å². The number of aryl methyl sites for hydroxylation is 1. The first-order valence-electron chi connectivity index (χ1n) is 4.84. The Balaban J connectivity index is 2.49. The van der Waals surface area contributed by atoms with Gasteiger partial charge in [0.05, 0.1) is 0 Å². The molecule has 2 aromatic rings. The van der Waals surface area contributed by atoms with Gasteiger partial charge < -0.3 is 0 Å². The molecule has 0 N–H and O–H groups in total. The van der Waals surface area contributed by atoms with Gasteiger partial charge in [-0.25, -0.2) is 9.37 Å². The summed E-state index contributed by atoms with van der Waals surface area (Å²) >= 11 is 0. The summed E-state index contributed by atoms with van der Waals surface area (Å²) in [5, 5.41) is 8.70. The molecule has 0 aliphatic heterocycles. The Morgan fingerprint density at radius 3 is 2.38 bits per heavy atom. The van der Waals surface area contributed by atoms with E-state index in [1.807, 2.05) is 19.1 Å². The summed E-state index contributed by atoms with van der Waals surface area (Å²) in [6.07, 6.45) is 0. The van der Waals surface area contributed by atoms with Gasteiger partial charge in [-0.05, 0) is 36.8 Å². The largest absolute Gasteiger partial charge is 0.242 e. The highest BCUT2D eigenvalue weighted by atomic mass is 19.1. The number of hydrogen-bond donors (Lipinski definition) is 0. The van der Waals surface area contributed by atoms with Crippen LogP contribution in [0, 0.1) is 24.1 Å². The van der Waals surface area contributed by atoms with Crippen molar-refractivity contribution in [1.82, 2.24) is 4.98 Å². The lowest BCUT2D eigenvalue weighted by atomic mass is 10.0. The van der Waals surface area contributed by atoms with Crippen LogP contribution in [0.5, 0.6) is 0 Å². The molecule has 0 unspecified atom stereocenters. The second-order valence-corrected chi connectivity index (χ2v) is 3.45. The molecule has 3 heteroatoms. The van der Waals surface area contributed by atoms with E-state index >= 15 is 0 Å². The van der Waals surface area contributed by atoms with E-state index in [0.29, 0.717) is 5.69 Å². The highest BCUT2D eigenvalue weighted by Crippen LogP contribution is 2.22. The first-order valence-corrected chi connectivity index (χ1v) is 4.84. The van der Waals surface area contributed by atoms with Crippen LogP contribution in [0.15, 0.2) is 36.4 Å². The van der Waals surface area contributed by atoms with Gasteiger partial charge in [-0.15, -0.1) is 0 Å². The zero-order valence-corrected chi connectivity index (χ0v) is 8.74. The SMILES string of the molecule is Cc1nc(C#N)ccc1-c1ccc(F)cc1. The van der Waals surface area contributed by atoms with Crippen molar-refractivity contribution in [2.24, 2.45) is 0 Å². The van der Waals surface area contributed by atoms with Crippen molar-refractivity contribution < 1.29 is 4.39 Å². The van der Waals surface area contributed by atoms with Gasteiger partial charge >= 0.3 is 0 Å². The van der Waals surface area contributed by atoms with Gasteiger partial charge in [0.2, 0.25) is 0 Å². The average Bonchev–Trinajstić information content (AvgIpc) is 2.30. The van der Waals surface area contributed by atoms with E-state index in [4.69, 9.17) is 5.26 Å². The maximum Gasteiger partial charge on any atom is 0.140 e. The number of nitriles is 1. The second-order valence-electron chi connectivity index (χ2n) is 3.45. The van der Waals surface area contributed by atoms with E-state index in [9.17, 15) is 4.39 Å². The van der Waals surface area contributed by atoms with Crippen LogP contribution in [0.2, 0.25) is 0 Å². The van der Waals surface area contributed by atoms with Crippen molar-refractivity contribution in [2.75, 3.05) is 0 Å². The normalized spacial score (nSPS) is 9.81. The van der Waals surface area contributed by atoms with Crippen LogP contribution in [0.3, 0.4) is 0 Å². The molecule has 0 fully saturated rings. The number of halogens is 1. The Morgan fingerprint density at radius 2 is 1.81 bits per heavy atom. The molecule has 0 aliphatic rings. The summed E-state index contributed by atoms with van der Waals surface area (Å²) in [6.45, 7) is 1.83. The summed E-state index contributed by atoms with van der Waals surface area (Å²) in [4.78, 5) is 4.14. The second kappa shape index (κ2) is 4.11. The molecular formula is C13H9FN2. The summed E-state index contributed by atoms with van der Waals surface area (Å²) in [5.41, 5.74) is 2.98. The third kappa shape index (κ3) is 1.91. The quantitative estimate of drug-likeness (QED) is 0.728. The number of hydrogen-bond acceptors (Lipinski definition) is 2. The molecule has 78 valence electrons. The van der Waals surface area contributed by atoms with E-state index in [1.165, 1.54) is 12.1 Å². The summed E-state index contributed by atoms with van der Waals surface area (Å²) in [5.74, 6) is -0.261. The van der Waals surface area contributed by atoms with Gasteiger partial charge in [-0.1, -0.05) is 12.1 Å².